The summed E-state index contributed by atoms with van der Waals surface area (Å²) in [6.45, 7) is 7.56. The Morgan fingerprint density at radius 1 is 1.11 bits per heavy atom. The number of hydrogen-bond donors (Lipinski definition) is 1. The molecule has 0 aliphatic heterocycles. The van der Waals surface area contributed by atoms with Crippen LogP contribution in [0.5, 0.6) is 0 Å². The van der Waals surface area contributed by atoms with Crippen molar-refractivity contribution in [2.45, 2.75) is 52.9 Å². The predicted molar refractivity (Wildman–Crippen MR) is 112 cm³/mol. The monoisotopic (exact) mass is 405 g/mol. The standard InChI is InChI=1S/C21H28FN3O2S/c1-4-13-25(14-5-2)19(27)8-6-7-18(26)23-21-24-20(15(3)28-21)16-9-11-17(22)12-10-16/h9-12H,4-8,13-14H2,1-3H3,(H,23,24,26). The van der Waals surface area contributed by atoms with Gasteiger partial charge in [0.05, 0.1) is 5.69 Å². The van der Waals surface area contributed by atoms with Crippen LogP contribution >= 0.6 is 11.3 Å². The van der Waals surface area contributed by atoms with Crippen molar-refractivity contribution < 1.29 is 14.0 Å². The van der Waals surface area contributed by atoms with Gasteiger partial charge < -0.3 is 10.2 Å². The number of halogens is 1. The molecule has 0 atom stereocenters. The molecule has 0 unspecified atom stereocenters. The molecule has 152 valence electrons. The minimum Gasteiger partial charge on any atom is -0.343 e. The molecule has 1 heterocycles. The van der Waals surface area contributed by atoms with Crippen molar-refractivity contribution in [1.29, 1.82) is 0 Å². The molecule has 0 aliphatic carbocycles. The maximum Gasteiger partial charge on any atom is 0.226 e. The van der Waals surface area contributed by atoms with Crippen LogP contribution in [0.15, 0.2) is 24.3 Å². The van der Waals surface area contributed by atoms with E-state index in [1.54, 1.807) is 12.1 Å². The van der Waals surface area contributed by atoms with E-state index in [-0.39, 0.29) is 24.1 Å². The highest BCUT2D eigenvalue weighted by Gasteiger charge is 2.14. The van der Waals surface area contributed by atoms with Gasteiger partial charge in [-0.3, -0.25) is 9.59 Å². The molecule has 1 aromatic carbocycles. The van der Waals surface area contributed by atoms with Crippen molar-refractivity contribution in [3.63, 3.8) is 0 Å². The lowest BCUT2D eigenvalue weighted by Gasteiger charge is -2.21. The number of nitrogens with zero attached hydrogens (tertiary/aromatic N) is 2. The number of aromatic nitrogens is 1. The third-order valence-corrected chi connectivity index (χ3v) is 5.18. The fraction of sp³-hybridized carbons (Fsp3) is 0.476. The van der Waals surface area contributed by atoms with Crippen molar-refractivity contribution in [1.82, 2.24) is 9.88 Å². The van der Waals surface area contributed by atoms with Gasteiger partial charge >= 0.3 is 0 Å². The van der Waals surface area contributed by atoms with Crippen LogP contribution in [-0.2, 0) is 9.59 Å². The molecule has 0 bridgehead atoms. The molecule has 2 amide bonds. The number of rotatable bonds is 10. The highest BCUT2D eigenvalue weighted by atomic mass is 32.1. The lowest BCUT2D eigenvalue weighted by atomic mass is 10.1. The number of aryl methyl sites for hydroxylation is 1. The van der Waals surface area contributed by atoms with Crippen LogP contribution < -0.4 is 5.32 Å². The van der Waals surface area contributed by atoms with Gasteiger partial charge in [0.25, 0.3) is 0 Å². The Bertz CT molecular complexity index is 783. The van der Waals surface area contributed by atoms with E-state index in [0.29, 0.717) is 18.0 Å². The lowest BCUT2D eigenvalue weighted by molar-refractivity contribution is -0.131. The minimum absolute atomic E-state index is 0.111. The normalized spacial score (nSPS) is 10.7. The second-order valence-corrected chi connectivity index (χ2v) is 7.92. The smallest absolute Gasteiger partial charge is 0.226 e. The number of amides is 2. The summed E-state index contributed by atoms with van der Waals surface area (Å²) in [5.74, 6) is -0.332. The first-order chi connectivity index (χ1) is 13.4. The zero-order valence-electron chi connectivity index (χ0n) is 16.8. The molecule has 5 nitrogen and oxygen atoms in total. The van der Waals surface area contributed by atoms with Gasteiger partial charge in [0, 0.05) is 36.4 Å². The number of hydrogen-bond acceptors (Lipinski definition) is 4. The van der Waals surface area contributed by atoms with Crippen LogP contribution in [0.25, 0.3) is 11.3 Å². The number of carbonyl (C=O) groups is 2. The van der Waals surface area contributed by atoms with Gasteiger partial charge in [-0.05, 0) is 50.5 Å². The van der Waals surface area contributed by atoms with E-state index in [4.69, 9.17) is 0 Å². The fourth-order valence-corrected chi connectivity index (χ4v) is 3.82. The number of anilines is 1. The fourth-order valence-electron chi connectivity index (χ4n) is 2.97. The number of carbonyl (C=O) groups excluding carboxylic acids is 2. The quantitative estimate of drug-likeness (QED) is 0.604. The predicted octanol–water partition coefficient (Wildman–Crippen LogP) is 5.02. The highest BCUT2D eigenvalue weighted by Crippen LogP contribution is 2.30. The van der Waals surface area contributed by atoms with Gasteiger partial charge in [-0.25, -0.2) is 9.37 Å². The number of thiazole rings is 1. The van der Waals surface area contributed by atoms with E-state index in [9.17, 15) is 14.0 Å². The summed E-state index contributed by atoms with van der Waals surface area (Å²) in [5.41, 5.74) is 1.55. The third-order valence-electron chi connectivity index (χ3n) is 4.29. The first-order valence-corrected chi connectivity index (χ1v) is 10.6. The van der Waals surface area contributed by atoms with Crippen molar-refractivity contribution in [2.24, 2.45) is 0 Å². The molecule has 0 saturated heterocycles. The molecular weight excluding hydrogens is 377 g/mol. The molecule has 1 N–H and O–H groups in total. The molecule has 0 fully saturated rings. The van der Waals surface area contributed by atoms with Crippen molar-refractivity contribution >= 4 is 28.3 Å². The highest BCUT2D eigenvalue weighted by molar-refractivity contribution is 7.16. The van der Waals surface area contributed by atoms with Gasteiger partial charge in [0.2, 0.25) is 11.8 Å². The van der Waals surface area contributed by atoms with Crippen LogP contribution in [0.1, 0.15) is 50.8 Å². The minimum atomic E-state index is -0.295. The zero-order chi connectivity index (χ0) is 20.5. The second kappa shape index (κ2) is 10.9. The van der Waals surface area contributed by atoms with E-state index >= 15 is 0 Å². The van der Waals surface area contributed by atoms with Crippen molar-refractivity contribution in [2.75, 3.05) is 18.4 Å². The van der Waals surface area contributed by atoms with E-state index in [1.165, 1.54) is 23.5 Å². The first-order valence-electron chi connectivity index (χ1n) is 9.75. The Kier molecular flexibility index (Phi) is 8.57. The molecule has 1 aromatic heterocycles. The summed E-state index contributed by atoms with van der Waals surface area (Å²) in [4.78, 5) is 31.7. The zero-order valence-corrected chi connectivity index (χ0v) is 17.6. The van der Waals surface area contributed by atoms with E-state index in [1.807, 2.05) is 11.8 Å². The molecule has 0 spiro atoms. The molecule has 0 saturated carbocycles. The summed E-state index contributed by atoms with van der Waals surface area (Å²) in [7, 11) is 0. The molecule has 28 heavy (non-hydrogen) atoms. The van der Waals surface area contributed by atoms with Crippen molar-refractivity contribution in [3.05, 3.63) is 35.0 Å². The van der Waals surface area contributed by atoms with Crippen LogP contribution in [0.4, 0.5) is 9.52 Å². The topological polar surface area (TPSA) is 62.3 Å². The van der Waals surface area contributed by atoms with Crippen molar-refractivity contribution in [3.8, 4) is 11.3 Å². The van der Waals surface area contributed by atoms with Gasteiger partial charge in [-0.1, -0.05) is 13.8 Å². The molecule has 7 heteroatoms. The average Bonchev–Trinajstić information content (AvgIpc) is 3.02. The SMILES string of the molecule is CCCN(CCC)C(=O)CCCC(=O)Nc1nc(-c2ccc(F)cc2)c(C)s1. The maximum absolute atomic E-state index is 13.1. The molecule has 0 aliphatic rings. The summed E-state index contributed by atoms with van der Waals surface area (Å²) in [6.07, 6.45) is 3.05. The number of nitrogens with one attached hydrogen (secondary N) is 1. The molecular formula is C21H28FN3O2S. The average molecular weight is 406 g/mol. The van der Waals surface area contributed by atoms with E-state index in [0.717, 1.165) is 42.1 Å². The summed E-state index contributed by atoms with van der Waals surface area (Å²) in [6, 6.07) is 6.13. The van der Waals surface area contributed by atoms with Gasteiger partial charge in [-0.2, -0.15) is 0 Å². The summed E-state index contributed by atoms with van der Waals surface area (Å²) >= 11 is 1.39. The van der Waals surface area contributed by atoms with E-state index < -0.39 is 0 Å². The second-order valence-electron chi connectivity index (χ2n) is 6.71. The summed E-state index contributed by atoms with van der Waals surface area (Å²) < 4.78 is 13.1. The maximum atomic E-state index is 13.1. The molecule has 2 rings (SSSR count). The van der Waals surface area contributed by atoms with Gasteiger partial charge in [0.1, 0.15) is 5.82 Å². The number of benzene rings is 1. The molecule has 0 radical (unpaired) electrons. The Morgan fingerprint density at radius 2 is 1.75 bits per heavy atom. The first kappa shape index (κ1) is 22.0. The van der Waals surface area contributed by atoms with Crippen LogP contribution in [0.2, 0.25) is 0 Å². The molecule has 2 aromatic rings. The lowest BCUT2D eigenvalue weighted by Crippen LogP contribution is -2.32. The largest absolute Gasteiger partial charge is 0.343 e. The van der Waals surface area contributed by atoms with Gasteiger partial charge in [0.15, 0.2) is 5.13 Å². The van der Waals surface area contributed by atoms with E-state index in [2.05, 4.69) is 24.1 Å². The van der Waals surface area contributed by atoms with Gasteiger partial charge in [-0.15, -0.1) is 11.3 Å². The van der Waals surface area contributed by atoms with Crippen LogP contribution in [0.3, 0.4) is 0 Å². The Labute approximate surface area is 170 Å². The van der Waals surface area contributed by atoms with Crippen LogP contribution in [0, 0.1) is 12.7 Å². The Balaban J connectivity index is 1.85. The summed E-state index contributed by atoms with van der Waals surface area (Å²) in [5, 5.41) is 3.33. The Morgan fingerprint density at radius 3 is 2.36 bits per heavy atom. The Hall–Kier alpha value is -2.28. The van der Waals surface area contributed by atoms with Crippen LogP contribution in [-0.4, -0.2) is 34.8 Å². The third kappa shape index (κ3) is 6.41.